The Kier molecular flexibility index (Phi) is 4.20. The van der Waals surface area contributed by atoms with Crippen LogP contribution in [0.5, 0.6) is 11.5 Å². The van der Waals surface area contributed by atoms with Crippen molar-refractivity contribution in [3.05, 3.63) is 59.2 Å². The van der Waals surface area contributed by atoms with Crippen molar-refractivity contribution in [1.29, 1.82) is 0 Å². The smallest absolute Gasteiger partial charge is 0.161 e. The molecule has 0 bridgehead atoms. The van der Waals surface area contributed by atoms with E-state index in [1.54, 1.807) is 19.1 Å². The molecule has 0 saturated heterocycles. The first-order valence-electron chi connectivity index (χ1n) is 6.18. The molecule has 0 aromatic heterocycles. The Labute approximate surface area is 115 Å². The van der Waals surface area contributed by atoms with Crippen LogP contribution in [0.4, 0.5) is 8.78 Å². The van der Waals surface area contributed by atoms with E-state index in [4.69, 9.17) is 0 Å². The summed E-state index contributed by atoms with van der Waals surface area (Å²) >= 11 is 0. The number of nitrogens with one attached hydrogen (secondary N) is 1. The number of hydrogen-bond donors (Lipinski definition) is 3. The number of benzene rings is 2. The zero-order chi connectivity index (χ0) is 14.7. The lowest BCUT2D eigenvalue weighted by atomic mass is 10.1. The summed E-state index contributed by atoms with van der Waals surface area (Å²) in [6, 6.07) is 7.69. The number of aromatic hydroxyl groups is 2. The zero-order valence-electron chi connectivity index (χ0n) is 10.9. The summed E-state index contributed by atoms with van der Waals surface area (Å²) in [4.78, 5) is 0. The summed E-state index contributed by atoms with van der Waals surface area (Å²) < 4.78 is 27.2. The normalized spacial score (nSPS) is 12.3. The lowest BCUT2D eigenvalue weighted by Crippen LogP contribution is -2.20. The van der Waals surface area contributed by atoms with Gasteiger partial charge in [-0.15, -0.1) is 0 Å². The van der Waals surface area contributed by atoms with E-state index in [-0.39, 0.29) is 23.6 Å². The van der Waals surface area contributed by atoms with Gasteiger partial charge in [-0.25, -0.2) is 8.78 Å². The summed E-state index contributed by atoms with van der Waals surface area (Å²) in [5.41, 5.74) is 0.403. The van der Waals surface area contributed by atoms with Gasteiger partial charge in [0.05, 0.1) is 0 Å². The lowest BCUT2D eigenvalue weighted by Gasteiger charge is -2.16. The molecule has 3 N–H and O–H groups in total. The highest BCUT2D eigenvalue weighted by atomic mass is 19.1. The molecule has 0 spiro atoms. The maximum absolute atomic E-state index is 13.6. The molecule has 0 heterocycles. The van der Waals surface area contributed by atoms with Gasteiger partial charge in [0.15, 0.2) is 11.5 Å². The Morgan fingerprint density at radius 2 is 1.65 bits per heavy atom. The number of phenols is 2. The van der Waals surface area contributed by atoms with Crippen molar-refractivity contribution in [1.82, 2.24) is 5.32 Å². The van der Waals surface area contributed by atoms with Crippen LogP contribution >= 0.6 is 0 Å². The first-order chi connectivity index (χ1) is 9.50. The monoisotopic (exact) mass is 279 g/mol. The Hall–Kier alpha value is -2.14. The van der Waals surface area contributed by atoms with Gasteiger partial charge in [0, 0.05) is 23.7 Å². The van der Waals surface area contributed by atoms with E-state index in [9.17, 15) is 19.0 Å². The van der Waals surface area contributed by atoms with Crippen molar-refractivity contribution in [3.63, 3.8) is 0 Å². The second kappa shape index (κ2) is 5.88. The topological polar surface area (TPSA) is 52.5 Å². The van der Waals surface area contributed by atoms with Crippen LogP contribution < -0.4 is 5.32 Å². The molecule has 3 nitrogen and oxygen atoms in total. The first kappa shape index (κ1) is 14.3. The number of rotatable bonds is 4. The van der Waals surface area contributed by atoms with E-state index in [1.807, 2.05) is 0 Å². The van der Waals surface area contributed by atoms with Gasteiger partial charge in [-0.05, 0) is 25.1 Å². The molecule has 0 fully saturated rings. The average Bonchev–Trinajstić information content (AvgIpc) is 2.40. The van der Waals surface area contributed by atoms with Gasteiger partial charge in [0.25, 0.3) is 0 Å². The predicted octanol–water partition coefficient (Wildman–Crippen LogP) is 3.23. The van der Waals surface area contributed by atoms with E-state index in [0.29, 0.717) is 5.56 Å². The number of phenolic OH excluding ortho intramolecular Hbond substituents is 2. The van der Waals surface area contributed by atoms with Crippen LogP contribution in [0.3, 0.4) is 0 Å². The SMILES string of the molecule is CC(NCc1cccc(O)c1O)c1c(F)cccc1F. The standard InChI is InChI=1S/C15H15F2NO2/c1-9(14-11(16)5-3-6-12(14)17)18-8-10-4-2-7-13(19)15(10)20/h2-7,9,18-20H,8H2,1H3. The largest absolute Gasteiger partial charge is 0.504 e. The third-order valence-corrected chi connectivity index (χ3v) is 3.13. The van der Waals surface area contributed by atoms with Gasteiger partial charge in [-0.1, -0.05) is 18.2 Å². The lowest BCUT2D eigenvalue weighted by molar-refractivity contribution is 0.395. The molecule has 1 unspecified atom stereocenters. The maximum Gasteiger partial charge on any atom is 0.161 e. The molecule has 0 saturated carbocycles. The van der Waals surface area contributed by atoms with Crippen molar-refractivity contribution in [2.24, 2.45) is 0 Å². The Bertz CT molecular complexity index is 597. The number of hydrogen-bond acceptors (Lipinski definition) is 3. The minimum atomic E-state index is -0.620. The first-order valence-corrected chi connectivity index (χ1v) is 6.18. The van der Waals surface area contributed by atoms with Crippen molar-refractivity contribution >= 4 is 0 Å². The average molecular weight is 279 g/mol. The molecule has 2 aromatic rings. The van der Waals surface area contributed by atoms with Gasteiger partial charge in [-0.2, -0.15) is 0 Å². The van der Waals surface area contributed by atoms with Gasteiger partial charge >= 0.3 is 0 Å². The van der Waals surface area contributed by atoms with Gasteiger partial charge in [0.1, 0.15) is 11.6 Å². The van der Waals surface area contributed by atoms with Crippen LogP contribution in [-0.4, -0.2) is 10.2 Å². The zero-order valence-corrected chi connectivity index (χ0v) is 10.9. The van der Waals surface area contributed by atoms with Crippen LogP contribution in [0.1, 0.15) is 24.1 Å². The summed E-state index contributed by atoms with van der Waals surface area (Å²) in [7, 11) is 0. The highest BCUT2D eigenvalue weighted by Gasteiger charge is 2.16. The number of para-hydroxylation sites is 1. The minimum Gasteiger partial charge on any atom is -0.504 e. The summed E-state index contributed by atoms with van der Waals surface area (Å²) in [5.74, 6) is -1.70. The Morgan fingerprint density at radius 3 is 2.30 bits per heavy atom. The maximum atomic E-state index is 13.6. The minimum absolute atomic E-state index is 0.0489. The molecule has 5 heteroatoms. The molecule has 0 aliphatic carbocycles. The third kappa shape index (κ3) is 2.88. The van der Waals surface area contributed by atoms with Crippen LogP contribution in [0.15, 0.2) is 36.4 Å². The van der Waals surface area contributed by atoms with E-state index in [1.165, 1.54) is 24.3 Å². The van der Waals surface area contributed by atoms with Crippen LogP contribution in [-0.2, 0) is 6.54 Å². The Balaban J connectivity index is 2.13. The second-order valence-electron chi connectivity index (χ2n) is 4.52. The van der Waals surface area contributed by atoms with E-state index in [2.05, 4.69) is 5.32 Å². The molecular weight excluding hydrogens is 264 g/mol. The molecular formula is C15H15F2NO2. The highest BCUT2D eigenvalue weighted by molar-refractivity contribution is 5.44. The van der Waals surface area contributed by atoms with E-state index < -0.39 is 17.7 Å². The van der Waals surface area contributed by atoms with Crippen molar-refractivity contribution in [3.8, 4) is 11.5 Å². The van der Waals surface area contributed by atoms with Gasteiger partial charge in [-0.3, -0.25) is 0 Å². The van der Waals surface area contributed by atoms with Crippen LogP contribution in [0.25, 0.3) is 0 Å². The summed E-state index contributed by atoms with van der Waals surface area (Å²) in [6.07, 6.45) is 0. The molecule has 1 atom stereocenters. The number of halogens is 2. The fraction of sp³-hybridized carbons (Fsp3) is 0.200. The second-order valence-corrected chi connectivity index (χ2v) is 4.52. The van der Waals surface area contributed by atoms with Crippen molar-refractivity contribution < 1.29 is 19.0 Å². The summed E-state index contributed by atoms with van der Waals surface area (Å²) in [6.45, 7) is 1.80. The molecule has 0 radical (unpaired) electrons. The highest BCUT2D eigenvalue weighted by Crippen LogP contribution is 2.29. The van der Waals surface area contributed by atoms with Crippen molar-refractivity contribution in [2.45, 2.75) is 19.5 Å². The molecule has 20 heavy (non-hydrogen) atoms. The fourth-order valence-electron chi connectivity index (χ4n) is 2.01. The quantitative estimate of drug-likeness (QED) is 0.753. The molecule has 0 amide bonds. The van der Waals surface area contributed by atoms with Crippen LogP contribution in [0.2, 0.25) is 0 Å². The van der Waals surface area contributed by atoms with Crippen molar-refractivity contribution in [2.75, 3.05) is 0 Å². The molecule has 0 aliphatic rings. The van der Waals surface area contributed by atoms with Gasteiger partial charge < -0.3 is 15.5 Å². The van der Waals surface area contributed by atoms with Gasteiger partial charge in [0.2, 0.25) is 0 Å². The summed E-state index contributed by atoms with van der Waals surface area (Å²) in [5, 5.41) is 21.9. The molecule has 2 rings (SSSR count). The molecule has 0 aliphatic heterocycles. The predicted molar refractivity (Wildman–Crippen MR) is 71.4 cm³/mol. The molecule has 106 valence electrons. The molecule has 2 aromatic carbocycles. The fourth-order valence-corrected chi connectivity index (χ4v) is 2.01. The van der Waals surface area contributed by atoms with E-state index in [0.717, 1.165) is 0 Å². The Morgan fingerprint density at radius 1 is 1.05 bits per heavy atom. The third-order valence-electron chi connectivity index (χ3n) is 3.13. The van der Waals surface area contributed by atoms with Crippen LogP contribution in [0, 0.1) is 11.6 Å². The van der Waals surface area contributed by atoms with E-state index >= 15 is 0 Å².